The average Bonchev–Trinajstić information content (AvgIpc) is 2.81. The lowest BCUT2D eigenvalue weighted by Gasteiger charge is -2.27. The van der Waals surface area contributed by atoms with E-state index in [2.05, 4.69) is 5.32 Å². The van der Waals surface area contributed by atoms with Crippen molar-refractivity contribution in [2.24, 2.45) is 5.92 Å². The molecule has 1 aromatic heterocycles. The van der Waals surface area contributed by atoms with Crippen LogP contribution in [-0.2, 0) is 0 Å². The first kappa shape index (κ1) is 11.2. The summed E-state index contributed by atoms with van der Waals surface area (Å²) < 4.78 is 4.99. The topological polar surface area (TPSA) is 62.5 Å². The van der Waals surface area contributed by atoms with Crippen LogP contribution >= 0.6 is 0 Å². The first-order valence-corrected chi connectivity index (χ1v) is 5.77. The van der Waals surface area contributed by atoms with Gasteiger partial charge in [0.05, 0.1) is 12.4 Å². The minimum absolute atomic E-state index is 0.188. The summed E-state index contributed by atoms with van der Waals surface area (Å²) in [6.07, 6.45) is 5.26. The number of hydrogen-bond acceptors (Lipinski definition) is 3. The van der Waals surface area contributed by atoms with E-state index in [1.807, 2.05) is 0 Å². The Labute approximate surface area is 94.6 Å². The lowest BCUT2D eigenvalue weighted by Crippen LogP contribution is -2.36. The monoisotopic (exact) mass is 223 g/mol. The number of rotatable bonds is 3. The van der Waals surface area contributed by atoms with Gasteiger partial charge in [0.2, 0.25) is 0 Å². The van der Waals surface area contributed by atoms with Crippen molar-refractivity contribution in [1.82, 2.24) is 5.32 Å². The van der Waals surface area contributed by atoms with Gasteiger partial charge in [-0.2, -0.15) is 0 Å². The summed E-state index contributed by atoms with van der Waals surface area (Å²) in [4.78, 5) is 11.6. The second-order valence-corrected chi connectivity index (χ2v) is 4.30. The van der Waals surface area contributed by atoms with Crippen LogP contribution in [0.1, 0.15) is 36.2 Å². The molecule has 1 aromatic rings. The predicted molar refractivity (Wildman–Crippen MR) is 59.0 cm³/mol. The lowest BCUT2D eigenvalue weighted by molar-refractivity contribution is 0.0656. The highest BCUT2D eigenvalue weighted by Crippen LogP contribution is 2.23. The van der Waals surface area contributed by atoms with Crippen LogP contribution in [0, 0.1) is 5.92 Å². The van der Waals surface area contributed by atoms with Gasteiger partial charge in [0.15, 0.2) is 5.76 Å². The van der Waals surface area contributed by atoms with Crippen molar-refractivity contribution in [3.63, 3.8) is 0 Å². The second-order valence-electron chi connectivity index (χ2n) is 4.30. The van der Waals surface area contributed by atoms with Crippen LogP contribution in [0.25, 0.3) is 0 Å². The molecule has 0 aliphatic heterocycles. The first-order valence-electron chi connectivity index (χ1n) is 5.77. The summed E-state index contributed by atoms with van der Waals surface area (Å²) in [5.74, 6) is 0.306. The van der Waals surface area contributed by atoms with E-state index in [1.165, 1.54) is 6.26 Å². The number of nitrogens with one attached hydrogen (secondary N) is 1. The smallest absolute Gasteiger partial charge is 0.286 e. The number of aliphatic hydroxyl groups is 1. The highest BCUT2D eigenvalue weighted by atomic mass is 16.3. The zero-order valence-electron chi connectivity index (χ0n) is 9.19. The van der Waals surface area contributed by atoms with Gasteiger partial charge in [0.1, 0.15) is 0 Å². The fourth-order valence-electron chi connectivity index (χ4n) is 2.14. The van der Waals surface area contributed by atoms with Crippen LogP contribution in [0.3, 0.4) is 0 Å². The molecule has 88 valence electrons. The normalized spacial score (nSPS) is 25.3. The maximum Gasteiger partial charge on any atom is 0.286 e. The Kier molecular flexibility index (Phi) is 3.62. The molecule has 4 heteroatoms. The molecule has 16 heavy (non-hydrogen) atoms. The van der Waals surface area contributed by atoms with Crippen molar-refractivity contribution in [3.8, 4) is 0 Å². The minimum atomic E-state index is -0.273. The number of hydrogen-bond donors (Lipinski definition) is 2. The fourth-order valence-corrected chi connectivity index (χ4v) is 2.14. The van der Waals surface area contributed by atoms with Gasteiger partial charge in [-0.05, 0) is 25.0 Å². The minimum Gasteiger partial charge on any atom is -0.459 e. The largest absolute Gasteiger partial charge is 0.459 e. The maximum absolute atomic E-state index is 11.6. The number of carbonyl (C=O) groups excluding carboxylic acids is 1. The first-order chi connectivity index (χ1) is 7.77. The number of furan rings is 1. The van der Waals surface area contributed by atoms with Crippen LogP contribution in [0.4, 0.5) is 0 Å². The van der Waals surface area contributed by atoms with Crippen LogP contribution in [0.5, 0.6) is 0 Å². The van der Waals surface area contributed by atoms with Gasteiger partial charge in [-0.3, -0.25) is 4.79 Å². The van der Waals surface area contributed by atoms with Gasteiger partial charge in [-0.15, -0.1) is 0 Å². The summed E-state index contributed by atoms with van der Waals surface area (Å²) in [5.41, 5.74) is 0. The second kappa shape index (κ2) is 5.16. The Balaban J connectivity index is 1.80. The summed E-state index contributed by atoms with van der Waals surface area (Å²) >= 11 is 0. The standard InChI is InChI=1S/C12H17NO3/c14-10-5-2-1-4-9(10)8-13-12(15)11-6-3-7-16-11/h3,6-7,9-10,14H,1-2,4-5,8H2,(H,13,15). The number of carbonyl (C=O) groups is 1. The third-order valence-corrected chi connectivity index (χ3v) is 3.14. The van der Waals surface area contributed by atoms with Crippen molar-refractivity contribution in [1.29, 1.82) is 0 Å². The van der Waals surface area contributed by atoms with E-state index in [0.29, 0.717) is 12.3 Å². The van der Waals surface area contributed by atoms with Crippen LogP contribution in [0.2, 0.25) is 0 Å². The van der Waals surface area contributed by atoms with Gasteiger partial charge in [0, 0.05) is 12.5 Å². The molecule has 1 aliphatic carbocycles. The molecule has 0 aromatic carbocycles. The molecule has 1 fully saturated rings. The van der Waals surface area contributed by atoms with E-state index in [4.69, 9.17) is 4.42 Å². The van der Waals surface area contributed by atoms with E-state index in [-0.39, 0.29) is 17.9 Å². The predicted octanol–water partition coefficient (Wildman–Crippen LogP) is 1.56. The van der Waals surface area contributed by atoms with Gasteiger partial charge in [-0.1, -0.05) is 12.8 Å². The van der Waals surface area contributed by atoms with Gasteiger partial charge < -0.3 is 14.8 Å². The molecular weight excluding hydrogens is 206 g/mol. The quantitative estimate of drug-likeness (QED) is 0.817. The van der Waals surface area contributed by atoms with Crippen LogP contribution < -0.4 is 5.32 Å². The zero-order chi connectivity index (χ0) is 11.4. The van der Waals surface area contributed by atoms with Crippen LogP contribution in [0.15, 0.2) is 22.8 Å². The summed E-state index contributed by atoms with van der Waals surface area (Å²) in [7, 11) is 0. The molecule has 1 amide bonds. The van der Waals surface area contributed by atoms with Crippen molar-refractivity contribution in [2.45, 2.75) is 31.8 Å². The molecule has 1 heterocycles. The Morgan fingerprint density at radius 1 is 1.50 bits per heavy atom. The molecule has 0 spiro atoms. The molecule has 2 N–H and O–H groups in total. The Bertz CT molecular complexity index is 334. The zero-order valence-corrected chi connectivity index (χ0v) is 9.19. The molecule has 1 saturated carbocycles. The van der Waals surface area contributed by atoms with Crippen molar-refractivity contribution < 1.29 is 14.3 Å². The molecular formula is C12H17NO3. The van der Waals surface area contributed by atoms with E-state index in [9.17, 15) is 9.90 Å². The average molecular weight is 223 g/mol. The highest BCUT2D eigenvalue weighted by molar-refractivity contribution is 5.91. The van der Waals surface area contributed by atoms with E-state index in [0.717, 1.165) is 25.7 Å². The maximum atomic E-state index is 11.6. The van der Waals surface area contributed by atoms with Gasteiger partial charge in [-0.25, -0.2) is 0 Å². The Hall–Kier alpha value is -1.29. The number of aliphatic hydroxyl groups excluding tert-OH is 1. The molecule has 0 bridgehead atoms. The SMILES string of the molecule is O=C(NCC1CCCCC1O)c1ccco1. The molecule has 2 unspecified atom stereocenters. The fraction of sp³-hybridized carbons (Fsp3) is 0.583. The van der Waals surface area contributed by atoms with Gasteiger partial charge in [0.25, 0.3) is 5.91 Å². The third kappa shape index (κ3) is 2.64. The Morgan fingerprint density at radius 3 is 3.00 bits per heavy atom. The van der Waals surface area contributed by atoms with E-state index >= 15 is 0 Å². The highest BCUT2D eigenvalue weighted by Gasteiger charge is 2.23. The summed E-state index contributed by atoms with van der Waals surface area (Å²) in [5, 5.41) is 12.5. The van der Waals surface area contributed by atoms with E-state index < -0.39 is 0 Å². The summed E-state index contributed by atoms with van der Waals surface area (Å²) in [6.45, 7) is 0.528. The van der Waals surface area contributed by atoms with Crippen LogP contribution in [-0.4, -0.2) is 23.7 Å². The van der Waals surface area contributed by atoms with Gasteiger partial charge >= 0.3 is 0 Å². The Morgan fingerprint density at radius 2 is 2.31 bits per heavy atom. The van der Waals surface area contributed by atoms with Crippen molar-refractivity contribution in [3.05, 3.63) is 24.2 Å². The van der Waals surface area contributed by atoms with E-state index in [1.54, 1.807) is 12.1 Å². The molecule has 0 radical (unpaired) electrons. The summed E-state index contributed by atoms with van der Waals surface area (Å²) in [6, 6.07) is 3.32. The third-order valence-electron chi connectivity index (χ3n) is 3.14. The molecule has 2 atom stereocenters. The lowest BCUT2D eigenvalue weighted by atomic mass is 9.86. The van der Waals surface area contributed by atoms with Crippen molar-refractivity contribution in [2.75, 3.05) is 6.54 Å². The molecule has 0 saturated heterocycles. The number of amides is 1. The molecule has 2 rings (SSSR count). The molecule has 4 nitrogen and oxygen atoms in total. The van der Waals surface area contributed by atoms with Crippen molar-refractivity contribution >= 4 is 5.91 Å². The molecule has 1 aliphatic rings.